The van der Waals surface area contributed by atoms with Crippen molar-refractivity contribution in [3.63, 3.8) is 0 Å². The first-order valence-electron chi connectivity index (χ1n) is 5.79. The minimum Gasteiger partial charge on any atom is -0.360 e. The highest BCUT2D eigenvalue weighted by Gasteiger charge is 2.39. The molecule has 0 spiro atoms. The van der Waals surface area contributed by atoms with Crippen LogP contribution in [0.25, 0.3) is 5.53 Å². The van der Waals surface area contributed by atoms with Crippen molar-refractivity contribution < 1.29 is 14.4 Å². The predicted molar refractivity (Wildman–Crippen MR) is 67.1 cm³/mol. The first kappa shape index (κ1) is 12.4. The monoisotopic (exact) mass is 242 g/mol. The van der Waals surface area contributed by atoms with Crippen LogP contribution < -0.4 is 0 Å². The van der Waals surface area contributed by atoms with E-state index in [9.17, 15) is 9.59 Å². The summed E-state index contributed by atoms with van der Waals surface area (Å²) < 4.78 is 0. The largest absolute Gasteiger partial charge is 0.405 e. The number of fused-ring (bicyclic) bond motifs is 1. The van der Waals surface area contributed by atoms with Gasteiger partial charge in [-0.2, -0.15) is 4.79 Å². The third-order valence-corrected chi connectivity index (χ3v) is 3.96. The van der Waals surface area contributed by atoms with Gasteiger partial charge in [0.2, 0.25) is 0 Å². The van der Waals surface area contributed by atoms with Gasteiger partial charge >= 0.3 is 5.71 Å². The molecule has 0 bridgehead atoms. The van der Waals surface area contributed by atoms with E-state index in [1.54, 1.807) is 0 Å². The molecule has 0 atom stereocenters. The molecule has 1 aliphatic rings. The molecule has 4 nitrogen and oxygen atoms in total. The lowest BCUT2D eigenvalue weighted by Gasteiger charge is -2.20. The van der Waals surface area contributed by atoms with Gasteiger partial charge in [0.15, 0.2) is 0 Å². The Kier molecular flexibility index (Phi) is 2.76. The highest BCUT2D eigenvalue weighted by atomic mass is 16.2. The van der Waals surface area contributed by atoms with Crippen LogP contribution in [0.1, 0.15) is 38.2 Å². The molecule has 92 valence electrons. The van der Waals surface area contributed by atoms with Gasteiger partial charge in [0.05, 0.1) is 0 Å². The van der Waals surface area contributed by atoms with Crippen LogP contribution in [0.3, 0.4) is 0 Å². The zero-order chi connectivity index (χ0) is 13.6. The number of rotatable bonds is 0. The fourth-order valence-corrected chi connectivity index (χ4v) is 2.51. The molecule has 4 heteroatoms. The third-order valence-electron chi connectivity index (χ3n) is 3.96. The summed E-state index contributed by atoms with van der Waals surface area (Å²) in [6.45, 7) is 7.73. The van der Waals surface area contributed by atoms with Crippen LogP contribution in [-0.4, -0.2) is 22.1 Å². The van der Waals surface area contributed by atoms with E-state index in [4.69, 9.17) is 5.53 Å². The molecular weight excluding hydrogens is 228 g/mol. The van der Waals surface area contributed by atoms with Crippen LogP contribution in [-0.2, 0) is 11.2 Å². The Hall–Kier alpha value is -2.06. The van der Waals surface area contributed by atoms with E-state index in [0.717, 1.165) is 27.8 Å². The summed E-state index contributed by atoms with van der Waals surface area (Å²) in [6, 6.07) is 0. The Morgan fingerprint density at radius 1 is 0.944 bits per heavy atom. The summed E-state index contributed by atoms with van der Waals surface area (Å²) in [5.74, 6) is -0.881. The molecule has 0 amide bonds. The molecule has 0 saturated heterocycles. The molecule has 0 aromatic heterocycles. The van der Waals surface area contributed by atoms with E-state index in [2.05, 4.69) is 4.79 Å². The molecule has 1 aromatic carbocycles. The molecule has 0 aliphatic heterocycles. The Balaban J connectivity index is 2.89. The van der Waals surface area contributed by atoms with Gasteiger partial charge < -0.3 is 5.53 Å². The maximum Gasteiger partial charge on any atom is 0.405 e. The van der Waals surface area contributed by atoms with Crippen molar-refractivity contribution >= 4 is 17.3 Å². The fraction of sp³-hybridized carbons (Fsp3) is 0.357. The van der Waals surface area contributed by atoms with Gasteiger partial charge in [0.1, 0.15) is 0 Å². The lowest BCUT2D eigenvalue weighted by atomic mass is 9.79. The van der Waals surface area contributed by atoms with Crippen molar-refractivity contribution in [2.24, 2.45) is 0 Å². The third kappa shape index (κ3) is 1.46. The number of benzene rings is 1. The topological polar surface area (TPSA) is 70.5 Å². The molecule has 1 aromatic rings. The van der Waals surface area contributed by atoms with Crippen molar-refractivity contribution in [2.45, 2.75) is 34.1 Å². The average Bonchev–Trinajstić information content (AvgIpc) is 2.33. The lowest BCUT2D eigenvalue weighted by Crippen LogP contribution is -2.34. The maximum absolute atomic E-state index is 12.2. The van der Waals surface area contributed by atoms with Crippen LogP contribution >= 0.6 is 0 Å². The number of carbonyl (C=O) groups excluding carboxylic acids is 2. The molecule has 18 heavy (non-hydrogen) atoms. The van der Waals surface area contributed by atoms with Crippen LogP contribution in [0.4, 0.5) is 0 Å². The zero-order valence-corrected chi connectivity index (χ0v) is 10.9. The van der Waals surface area contributed by atoms with Gasteiger partial charge in [0, 0.05) is 12.0 Å². The van der Waals surface area contributed by atoms with Gasteiger partial charge in [0.25, 0.3) is 11.6 Å². The zero-order valence-electron chi connectivity index (χ0n) is 10.9. The molecule has 0 fully saturated rings. The number of hydrogen-bond donors (Lipinski definition) is 0. The Morgan fingerprint density at radius 2 is 1.50 bits per heavy atom. The molecule has 2 rings (SSSR count). The second-order valence-corrected chi connectivity index (χ2v) is 4.73. The Bertz CT molecular complexity index is 650. The van der Waals surface area contributed by atoms with E-state index in [-0.39, 0.29) is 12.1 Å². The van der Waals surface area contributed by atoms with Gasteiger partial charge in [-0.05, 0) is 55.5 Å². The van der Waals surface area contributed by atoms with E-state index >= 15 is 0 Å². The van der Waals surface area contributed by atoms with Crippen LogP contribution in [0.2, 0.25) is 0 Å². The van der Waals surface area contributed by atoms with Gasteiger partial charge in [-0.15, -0.1) is 0 Å². The maximum atomic E-state index is 12.2. The smallest absolute Gasteiger partial charge is 0.360 e. The number of carbonyl (C=O) groups is 2. The van der Waals surface area contributed by atoms with E-state index in [0.29, 0.717) is 5.56 Å². The van der Waals surface area contributed by atoms with Crippen molar-refractivity contribution in [3.8, 4) is 0 Å². The van der Waals surface area contributed by atoms with Crippen LogP contribution in [0.15, 0.2) is 0 Å². The number of nitrogens with zero attached hydrogens (tertiary/aromatic N) is 2. The molecule has 0 unspecified atom stereocenters. The second kappa shape index (κ2) is 4.00. The van der Waals surface area contributed by atoms with Crippen LogP contribution in [0, 0.1) is 27.7 Å². The summed E-state index contributed by atoms with van der Waals surface area (Å²) in [7, 11) is 0. The molecule has 0 N–H and O–H groups in total. The standard InChI is InChI=1S/C14H14N2O2/c1-6-7(2)9(4)12-10(8(6)3)5-11(17)13(16-15)14(12)18/h5H2,1-4H3. The lowest BCUT2D eigenvalue weighted by molar-refractivity contribution is -0.116. The summed E-state index contributed by atoms with van der Waals surface area (Å²) in [5, 5.41) is 0. The summed E-state index contributed by atoms with van der Waals surface area (Å²) in [6.07, 6.45) is 0.133. The van der Waals surface area contributed by atoms with Crippen molar-refractivity contribution in [3.05, 3.63) is 38.9 Å². The van der Waals surface area contributed by atoms with Crippen molar-refractivity contribution in [1.82, 2.24) is 0 Å². The minimum atomic E-state index is -0.465. The summed E-state index contributed by atoms with van der Waals surface area (Å²) in [5.41, 5.74) is 13.7. The first-order valence-corrected chi connectivity index (χ1v) is 5.79. The molecular formula is C14H14N2O2. The Labute approximate surface area is 105 Å². The average molecular weight is 242 g/mol. The normalized spacial score (nSPS) is 14.6. The molecule has 0 heterocycles. The van der Waals surface area contributed by atoms with E-state index < -0.39 is 11.6 Å². The summed E-state index contributed by atoms with van der Waals surface area (Å²) in [4.78, 5) is 26.8. The molecule has 0 radical (unpaired) electrons. The predicted octanol–water partition coefficient (Wildman–Crippen LogP) is 1.90. The number of ketones is 2. The number of hydrogen-bond acceptors (Lipinski definition) is 2. The van der Waals surface area contributed by atoms with E-state index in [1.165, 1.54) is 0 Å². The highest BCUT2D eigenvalue weighted by Crippen LogP contribution is 2.30. The first-order chi connectivity index (χ1) is 8.40. The summed E-state index contributed by atoms with van der Waals surface area (Å²) >= 11 is 0. The molecule has 0 saturated carbocycles. The fourth-order valence-electron chi connectivity index (χ4n) is 2.51. The minimum absolute atomic E-state index is 0.133. The Morgan fingerprint density at radius 3 is 2.06 bits per heavy atom. The van der Waals surface area contributed by atoms with Gasteiger partial charge in [-0.25, -0.2) is 0 Å². The highest BCUT2D eigenvalue weighted by molar-refractivity contribution is 6.69. The van der Waals surface area contributed by atoms with Gasteiger partial charge in [-0.3, -0.25) is 9.59 Å². The van der Waals surface area contributed by atoms with Crippen molar-refractivity contribution in [1.29, 1.82) is 0 Å². The van der Waals surface area contributed by atoms with Gasteiger partial charge in [-0.1, -0.05) is 0 Å². The van der Waals surface area contributed by atoms with Crippen LogP contribution in [0.5, 0.6) is 0 Å². The van der Waals surface area contributed by atoms with E-state index in [1.807, 2.05) is 27.7 Å². The molecule has 1 aliphatic carbocycles. The quantitative estimate of drug-likeness (QED) is 0.515. The SMILES string of the molecule is Cc1c(C)c(C)c2c(c1C)CC(=O)C(=[N+]=[N-])C2=O. The second-order valence-electron chi connectivity index (χ2n) is 4.73. The number of Topliss-reactive ketones (excluding diaryl/α,β-unsaturated/α-hetero) is 2. The van der Waals surface area contributed by atoms with Crippen molar-refractivity contribution in [2.75, 3.05) is 0 Å².